The number of benzene rings is 1. The zero-order chi connectivity index (χ0) is 10.7. The second kappa shape index (κ2) is 4.83. The monoisotopic (exact) mass is 316 g/mol. The van der Waals surface area contributed by atoms with Crippen LogP contribution in [0, 0.1) is 3.57 Å². The molecule has 1 aromatic carbocycles. The minimum Gasteiger partial charge on any atom is -0.374 e. The van der Waals surface area contributed by atoms with Gasteiger partial charge in [-0.2, -0.15) is 0 Å². The van der Waals surface area contributed by atoms with Gasteiger partial charge in [0, 0.05) is 10.7 Å². The van der Waals surface area contributed by atoms with E-state index in [1.807, 2.05) is 7.11 Å². The smallest absolute Gasteiger partial charge is 0.0927 e. The lowest BCUT2D eigenvalue weighted by Crippen LogP contribution is -2.30. The number of hydrogen-bond donors (Lipinski definition) is 0. The maximum Gasteiger partial charge on any atom is 0.0927 e. The topological polar surface area (TPSA) is 9.23 Å². The molecule has 0 heterocycles. The Bertz CT molecular complexity index is 312. The van der Waals surface area contributed by atoms with Crippen LogP contribution in [0.2, 0.25) is 0 Å². The molecule has 1 aliphatic rings. The van der Waals surface area contributed by atoms with Crippen molar-refractivity contribution in [2.45, 2.75) is 37.7 Å². The molecule has 0 aliphatic heterocycles. The fraction of sp³-hybridized carbons (Fsp3) is 0.538. The zero-order valence-electron chi connectivity index (χ0n) is 9.13. The van der Waals surface area contributed by atoms with E-state index in [1.54, 1.807) is 0 Å². The van der Waals surface area contributed by atoms with Gasteiger partial charge in [0.15, 0.2) is 0 Å². The molecule has 1 saturated carbocycles. The third-order valence-corrected chi connectivity index (χ3v) is 4.14. The lowest BCUT2D eigenvalue weighted by molar-refractivity contribution is -0.0445. The first kappa shape index (κ1) is 11.4. The van der Waals surface area contributed by atoms with Crippen LogP contribution in [0.3, 0.4) is 0 Å². The highest BCUT2D eigenvalue weighted by Gasteiger charge is 2.33. The Labute approximate surface area is 105 Å². The number of methoxy groups -OCH3 is 1. The van der Waals surface area contributed by atoms with E-state index in [-0.39, 0.29) is 5.60 Å². The second-order valence-corrected chi connectivity index (χ2v) is 5.51. The molecular formula is C13H17IO. The Morgan fingerprint density at radius 3 is 2.20 bits per heavy atom. The van der Waals surface area contributed by atoms with Gasteiger partial charge in [-0.15, -0.1) is 0 Å². The van der Waals surface area contributed by atoms with Crippen LogP contribution < -0.4 is 0 Å². The summed E-state index contributed by atoms with van der Waals surface area (Å²) in [4.78, 5) is 0. The lowest BCUT2D eigenvalue weighted by atomic mass is 9.79. The molecule has 1 aromatic rings. The van der Waals surface area contributed by atoms with Crippen molar-refractivity contribution in [3.63, 3.8) is 0 Å². The van der Waals surface area contributed by atoms with Gasteiger partial charge >= 0.3 is 0 Å². The van der Waals surface area contributed by atoms with E-state index in [0.29, 0.717) is 0 Å². The molecule has 0 unspecified atom stereocenters. The molecule has 0 saturated heterocycles. The standard InChI is InChI=1S/C13H17IO/c1-15-13(9-3-2-4-10-13)11-5-7-12(14)8-6-11/h5-8H,2-4,9-10H2,1H3. The maximum atomic E-state index is 5.80. The molecule has 1 aliphatic carbocycles. The molecule has 2 heteroatoms. The second-order valence-electron chi connectivity index (χ2n) is 4.27. The van der Waals surface area contributed by atoms with Crippen molar-refractivity contribution >= 4 is 22.6 Å². The van der Waals surface area contributed by atoms with Crippen LogP contribution in [0.15, 0.2) is 24.3 Å². The first-order valence-corrected chi connectivity index (χ1v) is 6.66. The average Bonchev–Trinajstić information content (AvgIpc) is 2.31. The van der Waals surface area contributed by atoms with E-state index < -0.39 is 0 Å². The molecule has 0 spiro atoms. The summed E-state index contributed by atoms with van der Waals surface area (Å²) < 4.78 is 7.09. The van der Waals surface area contributed by atoms with Gasteiger partial charge in [-0.05, 0) is 53.1 Å². The molecule has 2 rings (SSSR count). The number of ether oxygens (including phenoxy) is 1. The van der Waals surface area contributed by atoms with E-state index in [4.69, 9.17) is 4.74 Å². The van der Waals surface area contributed by atoms with E-state index in [0.717, 1.165) is 0 Å². The van der Waals surface area contributed by atoms with E-state index in [9.17, 15) is 0 Å². The van der Waals surface area contributed by atoms with Gasteiger partial charge in [-0.3, -0.25) is 0 Å². The van der Waals surface area contributed by atoms with Crippen LogP contribution in [-0.2, 0) is 10.3 Å². The van der Waals surface area contributed by atoms with Crippen molar-refractivity contribution in [3.05, 3.63) is 33.4 Å². The highest BCUT2D eigenvalue weighted by atomic mass is 127. The summed E-state index contributed by atoms with van der Waals surface area (Å²) in [6, 6.07) is 8.78. The number of rotatable bonds is 2. The van der Waals surface area contributed by atoms with Gasteiger partial charge < -0.3 is 4.74 Å². The summed E-state index contributed by atoms with van der Waals surface area (Å²) in [6.07, 6.45) is 6.28. The Hall–Kier alpha value is -0.0900. The summed E-state index contributed by atoms with van der Waals surface area (Å²) in [5.41, 5.74) is 1.35. The Balaban J connectivity index is 2.28. The molecule has 15 heavy (non-hydrogen) atoms. The van der Waals surface area contributed by atoms with Crippen molar-refractivity contribution in [1.29, 1.82) is 0 Å². The summed E-state index contributed by atoms with van der Waals surface area (Å²) in [6.45, 7) is 0. The van der Waals surface area contributed by atoms with Crippen LogP contribution in [-0.4, -0.2) is 7.11 Å². The van der Waals surface area contributed by atoms with Crippen molar-refractivity contribution in [2.24, 2.45) is 0 Å². The third-order valence-electron chi connectivity index (χ3n) is 3.42. The Morgan fingerprint density at radius 1 is 1.07 bits per heavy atom. The average molecular weight is 316 g/mol. The van der Waals surface area contributed by atoms with Gasteiger partial charge in [-0.25, -0.2) is 0 Å². The summed E-state index contributed by atoms with van der Waals surface area (Å²) in [7, 11) is 1.85. The lowest BCUT2D eigenvalue weighted by Gasteiger charge is -2.36. The summed E-state index contributed by atoms with van der Waals surface area (Å²) in [5, 5.41) is 0. The van der Waals surface area contributed by atoms with Gasteiger partial charge in [0.2, 0.25) is 0 Å². The van der Waals surface area contributed by atoms with Crippen LogP contribution >= 0.6 is 22.6 Å². The molecule has 0 bridgehead atoms. The molecule has 0 radical (unpaired) electrons. The van der Waals surface area contributed by atoms with Crippen molar-refractivity contribution in [2.75, 3.05) is 7.11 Å². The molecule has 1 nitrogen and oxygen atoms in total. The predicted octanol–water partition coefficient (Wildman–Crippen LogP) is 4.10. The van der Waals surface area contributed by atoms with Crippen molar-refractivity contribution < 1.29 is 4.74 Å². The molecule has 0 amide bonds. The van der Waals surface area contributed by atoms with Crippen molar-refractivity contribution in [1.82, 2.24) is 0 Å². The molecule has 0 N–H and O–H groups in total. The minimum absolute atomic E-state index is 0.00257. The van der Waals surface area contributed by atoms with Gasteiger partial charge in [-0.1, -0.05) is 31.4 Å². The fourth-order valence-corrected chi connectivity index (χ4v) is 2.85. The van der Waals surface area contributed by atoms with Crippen molar-refractivity contribution in [3.8, 4) is 0 Å². The summed E-state index contributed by atoms with van der Waals surface area (Å²) >= 11 is 2.34. The van der Waals surface area contributed by atoms with Crippen LogP contribution in [0.4, 0.5) is 0 Å². The van der Waals surface area contributed by atoms with Crippen LogP contribution in [0.1, 0.15) is 37.7 Å². The Kier molecular flexibility index (Phi) is 3.67. The third kappa shape index (κ3) is 2.36. The summed E-state index contributed by atoms with van der Waals surface area (Å²) in [5.74, 6) is 0. The minimum atomic E-state index is 0.00257. The van der Waals surface area contributed by atoms with E-state index >= 15 is 0 Å². The highest BCUT2D eigenvalue weighted by molar-refractivity contribution is 14.1. The van der Waals surface area contributed by atoms with Crippen LogP contribution in [0.5, 0.6) is 0 Å². The highest BCUT2D eigenvalue weighted by Crippen LogP contribution is 2.39. The quantitative estimate of drug-likeness (QED) is 0.747. The van der Waals surface area contributed by atoms with Gasteiger partial charge in [0.25, 0.3) is 0 Å². The largest absolute Gasteiger partial charge is 0.374 e. The predicted molar refractivity (Wildman–Crippen MR) is 70.9 cm³/mol. The first-order valence-electron chi connectivity index (χ1n) is 5.58. The fourth-order valence-electron chi connectivity index (χ4n) is 2.49. The van der Waals surface area contributed by atoms with E-state index in [2.05, 4.69) is 46.9 Å². The maximum absolute atomic E-state index is 5.80. The van der Waals surface area contributed by atoms with Gasteiger partial charge in [0.05, 0.1) is 5.60 Å². The normalized spacial score (nSPS) is 20.1. The molecule has 0 aromatic heterocycles. The first-order chi connectivity index (χ1) is 7.27. The Morgan fingerprint density at radius 2 is 1.67 bits per heavy atom. The van der Waals surface area contributed by atoms with Gasteiger partial charge in [0.1, 0.15) is 0 Å². The zero-order valence-corrected chi connectivity index (χ0v) is 11.3. The molecular weight excluding hydrogens is 299 g/mol. The van der Waals surface area contributed by atoms with E-state index in [1.165, 1.54) is 41.2 Å². The molecule has 82 valence electrons. The van der Waals surface area contributed by atoms with Crippen LogP contribution in [0.25, 0.3) is 0 Å². The molecule has 1 fully saturated rings. The number of halogens is 1. The SMILES string of the molecule is COC1(c2ccc(I)cc2)CCCCC1. The number of hydrogen-bond acceptors (Lipinski definition) is 1. The molecule has 0 atom stereocenters.